The van der Waals surface area contributed by atoms with Crippen LogP contribution in [0.3, 0.4) is 0 Å². The van der Waals surface area contributed by atoms with Crippen molar-refractivity contribution < 1.29 is 4.74 Å². The van der Waals surface area contributed by atoms with E-state index in [0.717, 1.165) is 5.69 Å². The van der Waals surface area contributed by atoms with Crippen LogP contribution < -0.4 is 5.32 Å². The summed E-state index contributed by atoms with van der Waals surface area (Å²) in [5, 5.41) is 3.48. The standard InChI is InChI=1S/C16H17NO/c1-12(17-14-10-6-3-7-11-14)15-16(18-15)13-8-4-2-5-9-13/h2-12,15-17H,1H3/t12?,15-,16-/m0/s1. The number of epoxide rings is 1. The Labute approximate surface area is 108 Å². The molecule has 0 aromatic heterocycles. The van der Waals surface area contributed by atoms with E-state index in [9.17, 15) is 0 Å². The van der Waals surface area contributed by atoms with Gasteiger partial charge in [0.2, 0.25) is 0 Å². The first kappa shape index (κ1) is 11.3. The van der Waals surface area contributed by atoms with Crippen LogP contribution >= 0.6 is 0 Å². The molecule has 3 rings (SSSR count). The highest BCUT2D eigenvalue weighted by Gasteiger charge is 2.43. The predicted octanol–water partition coefficient (Wildman–Crippen LogP) is 3.63. The zero-order chi connectivity index (χ0) is 12.4. The molecule has 1 aliphatic rings. The second kappa shape index (κ2) is 4.83. The molecule has 1 unspecified atom stereocenters. The fraction of sp³-hybridized carbons (Fsp3) is 0.250. The molecule has 3 atom stereocenters. The highest BCUT2D eigenvalue weighted by Crippen LogP contribution is 2.41. The normalized spacial score (nSPS) is 23.4. The van der Waals surface area contributed by atoms with Gasteiger partial charge in [0.25, 0.3) is 0 Å². The molecule has 1 aliphatic heterocycles. The van der Waals surface area contributed by atoms with Crippen molar-refractivity contribution in [1.82, 2.24) is 0 Å². The number of hydrogen-bond acceptors (Lipinski definition) is 2. The van der Waals surface area contributed by atoms with Gasteiger partial charge in [-0.1, -0.05) is 48.5 Å². The summed E-state index contributed by atoms with van der Waals surface area (Å²) in [5.41, 5.74) is 2.41. The lowest BCUT2D eigenvalue weighted by molar-refractivity contribution is 0.361. The van der Waals surface area contributed by atoms with Crippen LogP contribution in [-0.4, -0.2) is 12.1 Å². The van der Waals surface area contributed by atoms with Crippen molar-refractivity contribution in [2.75, 3.05) is 5.32 Å². The maximum atomic E-state index is 5.77. The van der Waals surface area contributed by atoms with Crippen LogP contribution in [0.4, 0.5) is 5.69 Å². The minimum absolute atomic E-state index is 0.248. The van der Waals surface area contributed by atoms with E-state index in [-0.39, 0.29) is 12.2 Å². The van der Waals surface area contributed by atoms with Gasteiger partial charge in [-0.2, -0.15) is 0 Å². The lowest BCUT2D eigenvalue weighted by atomic mass is 10.1. The molecule has 92 valence electrons. The predicted molar refractivity (Wildman–Crippen MR) is 73.6 cm³/mol. The van der Waals surface area contributed by atoms with E-state index in [1.165, 1.54) is 5.56 Å². The Kier molecular flexibility index (Phi) is 3.03. The van der Waals surface area contributed by atoms with Gasteiger partial charge in [-0.15, -0.1) is 0 Å². The van der Waals surface area contributed by atoms with Crippen molar-refractivity contribution in [3.63, 3.8) is 0 Å². The minimum Gasteiger partial charge on any atom is -0.380 e. The summed E-state index contributed by atoms with van der Waals surface area (Å²) < 4.78 is 5.77. The monoisotopic (exact) mass is 239 g/mol. The van der Waals surface area contributed by atoms with Crippen LogP contribution in [0.25, 0.3) is 0 Å². The summed E-state index contributed by atoms with van der Waals surface area (Å²) in [6.45, 7) is 2.17. The van der Waals surface area contributed by atoms with Crippen LogP contribution in [0.1, 0.15) is 18.6 Å². The van der Waals surface area contributed by atoms with Gasteiger partial charge in [0.05, 0.1) is 6.04 Å². The molecule has 2 heteroatoms. The molecule has 2 nitrogen and oxygen atoms in total. The van der Waals surface area contributed by atoms with Crippen LogP contribution in [0.2, 0.25) is 0 Å². The van der Waals surface area contributed by atoms with Gasteiger partial charge in [-0.25, -0.2) is 0 Å². The van der Waals surface area contributed by atoms with Gasteiger partial charge < -0.3 is 10.1 Å². The summed E-state index contributed by atoms with van der Waals surface area (Å²) in [5.74, 6) is 0. The second-order valence-electron chi connectivity index (χ2n) is 4.73. The molecule has 1 fully saturated rings. The van der Waals surface area contributed by atoms with Crippen LogP contribution in [0, 0.1) is 0 Å². The Morgan fingerprint density at radius 1 is 0.944 bits per heavy atom. The number of benzene rings is 2. The molecule has 1 saturated heterocycles. The number of nitrogens with one attached hydrogen (secondary N) is 1. The number of ether oxygens (including phenoxy) is 1. The van der Waals surface area contributed by atoms with Crippen LogP contribution in [0.5, 0.6) is 0 Å². The molecule has 2 aromatic carbocycles. The topological polar surface area (TPSA) is 24.6 Å². The summed E-state index contributed by atoms with van der Waals surface area (Å²) in [6, 6.07) is 21.0. The van der Waals surface area contributed by atoms with Crippen molar-refractivity contribution in [2.24, 2.45) is 0 Å². The lowest BCUT2D eigenvalue weighted by Crippen LogP contribution is -2.22. The number of hydrogen-bond donors (Lipinski definition) is 1. The largest absolute Gasteiger partial charge is 0.380 e. The molecule has 0 radical (unpaired) electrons. The molecule has 0 bridgehead atoms. The van der Waals surface area contributed by atoms with E-state index in [0.29, 0.717) is 6.04 Å². The Balaban J connectivity index is 1.61. The average molecular weight is 239 g/mol. The third-order valence-electron chi connectivity index (χ3n) is 3.31. The highest BCUT2D eigenvalue weighted by molar-refractivity contribution is 5.44. The Hall–Kier alpha value is -1.80. The molecule has 2 aromatic rings. The van der Waals surface area contributed by atoms with Crippen molar-refractivity contribution in [3.05, 3.63) is 66.2 Å². The van der Waals surface area contributed by atoms with Gasteiger partial charge in [0, 0.05) is 5.69 Å². The van der Waals surface area contributed by atoms with Crippen LogP contribution in [-0.2, 0) is 4.74 Å². The third kappa shape index (κ3) is 2.39. The fourth-order valence-electron chi connectivity index (χ4n) is 2.29. The van der Waals surface area contributed by atoms with E-state index < -0.39 is 0 Å². The fourth-order valence-corrected chi connectivity index (χ4v) is 2.29. The average Bonchev–Trinajstić information content (AvgIpc) is 3.21. The molecular weight excluding hydrogens is 222 g/mol. The van der Waals surface area contributed by atoms with Gasteiger partial charge in [-0.3, -0.25) is 0 Å². The molecular formula is C16H17NO. The highest BCUT2D eigenvalue weighted by atomic mass is 16.6. The molecule has 18 heavy (non-hydrogen) atoms. The Morgan fingerprint density at radius 3 is 2.22 bits per heavy atom. The van der Waals surface area contributed by atoms with E-state index in [1.54, 1.807) is 0 Å². The molecule has 1 N–H and O–H groups in total. The summed E-state index contributed by atoms with van der Waals surface area (Å²) in [4.78, 5) is 0. The minimum atomic E-state index is 0.248. The van der Waals surface area contributed by atoms with Gasteiger partial charge in [-0.05, 0) is 24.6 Å². The first-order chi connectivity index (χ1) is 8.84. The maximum absolute atomic E-state index is 5.77. The first-order valence-corrected chi connectivity index (χ1v) is 6.36. The number of anilines is 1. The summed E-state index contributed by atoms with van der Waals surface area (Å²) in [7, 11) is 0. The molecule has 0 spiro atoms. The molecule has 1 heterocycles. The van der Waals surface area contributed by atoms with Crippen molar-refractivity contribution >= 4 is 5.69 Å². The quantitative estimate of drug-likeness (QED) is 0.824. The van der Waals surface area contributed by atoms with Crippen LogP contribution in [0.15, 0.2) is 60.7 Å². The smallest absolute Gasteiger partial charge is 0.111 e. The lowest BCUT2D eigenvalue weighted by Gasteiger charge is -2.12. The first-order valence-electron chi connectivity index (χ1n) is 6.36. The second-order valence-corrected chi connectivity index (χ2v) is 4.73. The third-order valence-corrected chi connectivity index (χ3v) is 3.31. The van der Waals surface area contributed by atoms with E-state index in [4.69, 9.17) is 4.74 Å². The zero-order valence-corrected chi connectivity index (χ0v) is 10.4. The molecule has 0 aliphatic carbocycles. The molecule has 0 amide bonds. The zero-order valence-electron chi connectivity index (χ0n) is 10.4. The molecule has 0 saturated carbocycles. The van der Waals surface area contributed by atoms with Gasteiger partial charge in [0.1, 0.15) is 12.2 Å². The number of para-hydroxylation sites is 1. The van der Waals surface area contributed by atoms with Gasteiger partial charge >= 0.3 is 0 Å². The number of rotatable bonds is 4. The summed E-state index contributed by atoms with van der Waals surface area (Å²) in [6.07, 6.45) is 0.519. The summed E-state index contributed by atoms with van der Waals surface area (Å²) >= 11 is 0. The van der Waals surface area contributed by atoms with Crippen molar-refractivity contribution in [2.45, 2.75) is 25.2 Å². The SMILES string of the molecule is CC(Nc1ccccc1)[C@@H]1O[C@H]1c1ccccc1. The van der Waals surface area contributed by atoms with Gasteiger partial charge in [0.15, 0.2) is 0 Å². The van der Waals surface area contributed by atoms with E-state index in [1.807, 2.05) is 24.3 Å². The van der Waals surface area contributed by atoms with Crippen molar-refractivity contribution in [1.29, 1.82) is 0 Å². The Morgan fingerprint density at radius 2 is 1.56 bits per heavy atom. The Bertz CT molecular complexity index is 497. The van der Waals surface area contributed by atoms with E-state index in [2.05, 4.69) is 48.6 Å². The van der Waals surface area contributed by atoms with Crippen molar-refractivity contribution in [3.8, 4) is 0 Å². The maximum Gasteiger partial charge on any atom is 0.111 e. The van der Waals surface area contributed by atoms with E-state index >= 15 is 0 Å².